The molecule has 3 heterocycles. The van der Waals surface area contributed by atoms with Crippen LogP contribution in [0.1, 0.15) is 30.1 Å². The van der Waals surface area contributed by atoms with E-state index in [1.54, 1.807) is 24.3 Å². The minimum atomic E-state index is -3.47. The van der Waals surface area contributed by atoms with Gasteiger partial charge in [0.2, 0.25) is 10.0 Å². The Kier molecular flexibility index (Phi) is 5.75. The molecule has 2 aromatic rings. The van der Waals surface area contributed by atoms with Gasteiger partial charge in [-0.15, -0.1) is 0 Å². The first-order chi connectivity index (χ1) is 14.4. The molecule has 0 unspecified atom stereocenters. The average molecular weight is 433 g/mol. The van der Waals surface area contributed by atoms with Gasteiger partial charge in [0.25, 0.3) is 0 Å². The number of carbonyl (C=O) groups excluding carboxylic acids is 1. The van der Waals surface area contributed by atoms with Crippen molar-refractivity contribution in [2.24, 2.45) is 0 Å². The normalized spacial score (nSPS) is 18.1. The second kappa shape index (κ2) is 8.31. The summed E-state index contributed by atoms with van der Waals surface area (Å²) in [6.07, 6.45) is 3.22. The summed E-state index contributed by atoms with van der Waals surface area (Å²) in [4.78, 5) is 20.0. The van der Waals surface area contributed by atoms with Gasteiger partial charge in [-0.1, -0.05) is 0 Å². The second-order valence-electron chi connectivity index (χ2n) is 7.66. The van der Waals surface area contributed by atoms with E-state index in [0.29, 0.717) is 56.3 Å². The van der Waals surface area contributed by atoms with E-state index in [0.717, 1.165) is 12.8 Å². The van der Waals surface area contributed by atoms with E-state index in [4.69, 9.17) is 0 Å². The molecule has 0 bridgehead atoms. The lowest BCUT2D eigenvalue weighted by Gasteiger charge is -2.37. The van der Waals surface area contributed by atoms with Crippen molar-refractivity contribution in [3.63, 3.8) is 0 Å². The van der Waals surface area contributed by atoms with Crippen molar-refractivity contribution in [3.8, 4) is 0 Å². The molecule has 0 N–H and O–H groups in total. The first-order valence-electron chi connectivity index (χ1n) is 10.1. The highest BCUT2D eigenvalue weighted by Gasteiger charge is 2.28. The molecule has 7 nitrogen and oxygen atoms in total. The molecular formula is C21H25FN4O3S. The molecule has 4 rings (SSSR count). The van der Waals surface area contributed by atoms with Gasteiger partial charge in [-0.05, 0) is 50.1 Å². The number of pyridine rings is 1. The summed E-state index contributed by atoms with van der Waals surface area (Å²) in [7, 11) is -3.47. The molecule has 0 aliphatic carbocycles. The molecule has 0 amide bonds. The molecule has 1 aromatic heterocycles. The molecule has 2 aliphatic heterocycles. The lowest BCUT2D eigenvalue weighted by atomic mass is 10.1. The third kappa shape index (κ3) is 4.04. The lowest BCUT2D eigenvalue weighted by Crippen LogP contribution is -2.47. The van der Waals surface area contributed by atoms with Crippen LogP contribution in [0.3, 0.4) is 0 Å². The Labute approximate surface area is 176 Å². The van der Waals surface area contributed by atoms with Crippen molar-refractivity contribution in [2.45, 2.75) is 24.7 Å². The first kappa shape index (κ1) is 20.7. The monoisotopic (exact) mass is 432 g/mol. The molecule has 9 heteroatoms. The minimum absolute atomic E-state index is 0.161. The standard InChI is InChI=1S/C21H25FN4O3S/c1-16(27)17-4-6-20(19(22)14-17)24-10-12-25(13-11-24)21-7-5-18(15-23-21)30(28,29)26-8-2-3-9-26/h4-7,14-15H,2-3,8-13H2,1H3. The molecule has 160 valence electrons. The zero-order valence-corrected chi connectivity index (χ0v) is 17.7. The lowest BCUT2D eigenvalue weighted by molar-refractivity contribution is 0.101. The predicted octanol–water partition coefficient (Wildman–Crippen LogP) is 2.53. The van der Waals surface area contributed by atoms with Gasteiger partial charge in [-0.2, -0.15) is 4.31 Å². The number of sulfonamides is 1. The van der Waals surface area contributed by atoms with Crippen molar-refractivity contribution in [2.75, 3.05) is 49.1 Å². The molecule has 0 saturated carbocycles. The van der Waals surface area contributed by atoms with E-state index in [2.05, 4.69) is 9.88 Å². The maximum atomic E-state index is 14.4. The molecule has 0 atom stereocenters. The Balaban J connectivity index is 1.41. The van der Waals surface area contributed by atoms with Crippen LogP contribution < -0.4 is 9.80 Å². The van der Waals surface area contributed by atoms with Crippen molar-refractivity contribution in [1.82, 2.24) is 9.29 Å². The summed E-state index contributed by atoms with van der Waals surface area (Å²) >= 11 is 0. The maximum absolute atomic E-state index is 14.4. The number of carbonyl (C=O) groups is 1. The van der Waals surface area contributed by atoms with Gasteiger partial charge < -0.3 is 9.80 Å². The third-order valence-electron chi connectivity index (χ3n) is 5.72. The fourth-order valence-corrected chi connectivity index (χ4v) is 5.41. The highest BCUT2D eigenvalue weighted by atomic mass is 32.2. The molecule has 30 heavy (non-hydrogen) atoms. The fourth-order valence-electron chi connectivity index (χ4n) is 3.95. The van der Waals surface area contributed by atoms with Crippen LogP contribution in [0.4, 0.5) is 15.9 Å². The van der Waals surface area contributed by atoms with E-state index >= 15 is 0 Å². The van der Waals surface area contributed by atoms with Crippen molar-refractivity contribution >= 4 is 27.3 Å². The van der Waals surface area contributed by atoms with Crippen LogP contribution in [0.25, 0.3) is 0 Å². The van der Waals surface area contributed by atoms with Gasteiger partial charge >= 0.3 is 0 Å². The van der Waals surface area contributed by atoms with Gasteiger partial charge in [-0.3, -0.25) is 4.79 Å². The number of anilines is 2. The number of halogens is 1. The van der Waals surface area contributed by atoms with Crippen LogP contribution in [0.5, 0.6) is 0 Å². The van der Waals surface area contributed by atoms with Gasteiger partial charge in [0, 0.05) is 51.0 Å². The Hall–Kier alpha value is -2.52. The summed E-state index contributed by atoms with van der Waals surface area (Å²) in [5.41, 5.74) is 0.850. The predicted molar refractivity (Wildman–Crippen MR) is 113 cm³/mol. The molecule has 2 fully saturated rings. The number of piperazine rings is 1. The van der Waals surface area contributed by atoms with Gasteiger partial charge in [0.15, 0.2) is 5.78 Å². The largest absolute Gasteiger partial charge is 0.366 e. The number of ketones is 1. The number of benzene rings is 1. The van der Waals surface area contributed by atoms with Crippen LogP contribution in [-0.4, -0.2) is 62.8 Å². The number of Topliss-reactive ketones (excluding diaryl/α,β-unsaturated/α-hetero) is 1. The molecule has 1 aromatic carbocycles. The van der Waals surface area contributed by atoms with Crippen LogP contribution in [-0.2, 0) is 10.0 Å². The Morgan fingerprint density at radius 2 is 1.63 bits per heavy atom. The maximum Gasteiger partial charge on any atom is 0.244 e. The SMILES string of the molecule is CC(=O)c1ccc(N2CCN(c3ccc(S(=O)(=O)N4CCCC4)cn3)CC2)c(F)c1. The molecule has 0 radical (unpaired) electrons. The van der Waals surface area contributed by atoms with Crippen LogP contribution in [0.15, 0.2) is 41.4 Å². The number of rotatable bonds is 5. The van der Waals surface area contributed by atoms with Crippen molar-refractivity contribution in [3.05, 3.63) is 47.9 Å². The van der Waals surface area contributed by atoms with E-state index in [-0.39, 0.29) is 10.7 Å². The van der Waals surface area contributed by atoms with E-state index in [1.807, 2.05) is 4.90 Å². The molecule has 0 spiro atoms. The Bertz CT molecular complexity index is 1030. The zero-order chi connectivity index (χ0) is 21.3. The fraction of sp³-hybridized carbons (Fsp3) is 0.429. The number of hydrogen-bond acceptors (Lipinski definition) is 6. The van der Waals surface area contributed by atoms with E-state index < -0.39 is 15.8 Å². The quantitative estimate of drug-likeness (QED) is 0.676. The number of hydrogen-bond donors (Lipinski definition) is 0. The molecular weight excluding hydrogens is 407 g/mol. The van der Waals surface area contributed by atoms with Crippen LogP contribution >= 0.6 is 0 Å². The second-order valence-corrected chi connectivity index (χ2v) is 9.60. The molecule has 2 saturated heterocycles. The smallest absolute Gasteiger partial charge is 0.244 e. The van der Waals surface area contributed by atoms with Gasteiger partial charge in [0.05, 0.1) is 5.69 Å². The van der Waals surface area contributed by atoms with Crippen LogP contribution in [0, 0.1) is 5.82 Å². The van der Waals surface area contributed by atoms with Gasteiger partial charge in [-0.25, -0.2) is 17.8 Å². The summed E-state index contributed by atoms with van der Waals surface area (Å²) < 4.78 is 41.2. The highest BCUT2D eigenvalue weighted by Crippen LogP contribution is 2.25. The Morgan fingerprint density at radius 1 is 0.967 bits per heavy atom. The summed E-state index contributed by atoms with van der Waals surface area (Å²) in [5, 5.41) is 0. The third-order valence-corrected chi connectivity index (χ3v) is 7.60. The van der Waals surface area contributed by atoms with Gasteiger partial charge in [0.1, 0.15) is 16.5 Å². The first-order valence-corrected chi connectivity index (χ1v) is 11.6. The van der Waals surface area contributed by atoms with E-state index in [9.17, 15) is 17.6 Å². The summed E-state index contributed by atoms with van der Waals surface area (Å²) in [5.74, 6) is 0.153. The number of nitrogens with zero attached hydrogens (tertiary/aromatic N) is 4. The van der Waals surface area contributed by atoms with Crippen molar-refractivity contribution < 1.29 is 17.6 Å². The minimum Gasteiger partial charge on any atom is -0.366 e. The summed E-state index contributed by atoms with van der Waals surface area (Å²) in [6.45, 7) is 5.03. The zero-order valence-electron chi connectivity index (χ0n) is 16.9. The van der Waals surface area contributed by atoms with E-state index in [1.165, 1.54) is 23.5 Å². The summed E-state index contributed by atoms with van der Waals surface area (Å²) in [6, 6.07) is 7.93. The Morgan fingerprint density at radius 3 is 2.20 bits per heavy atom. The molecule has 2 aliphatic rings. The number of aromatic nitrogens is 1. The topological polar surface area (TPSA) is 73.8 Å². The van der Waals surface area contributed by atoms with Crippen molar-refractivity contribution in [1.29, 1.82) is 0 Å². The highest BCUT2D eigenvalue weighted by molar-refractivity contribution is 7.89. The van der Waals surface area contributed by atoms with Crippen LogP contribution in [0.2, 0.25) is 0 Å². The average Bonchev–Trinajstić information content (AvgIpc) is 3.30.